The Hall–Kier alpha value is -1.91. The zero-order valence-corrected chi connectivity index (χ0v) is 13.5. The van der Waals surface area contributed by atoms with Crippen LogP contribution in [0.15, 0.2) is 42.5 Å². The molecule has 4 nitrogen and oxygen atoms in total. The second-order valence-electron chi connectivity index (χ2n) is 4.43. The molecule has 0 spiro atoms. The van der Waals surface area contributed by atoms with Gasteiger partial charge in [0.05, 0.1) is 12.1 Å². The lowest BCUT2D eigenvalue weighted by atomic mass is 10.3. The highest BCUT2D eigenvalue weighted by Gasteiger charge is 2.18. The lowest BCUT2D eigenvalue weighted by Gasteiger charge is -2.14. The molecule has 0 N–H and O–H groups in total. The highest BCUT2D eigenvalue weighted by Crippen LogP contribution is 2.28. The summed E-state index contributed by atoms with van der Waals surface area (Å²) < 4.78 is 15.8. The first kappa shape index (κ1) is 16.5. The third-order valence-electron chi connectivity index (χ3n) is 2.81. The molecule has 0 radical (unpaired) electrons. The average molecular weight is 341 g/mol. The van der Waals surface area contributed by atoms with Gasteiger partial charge in [-0.1, -0.05) is 23.2 Å². The van der Waals surface area contributed by atoms with Crippen molar-refractivity contribution < 1.29 is 19.0 Å². The van der Waals surface area contributed by atoms with Crippen LogP contribution in [0, 0.1) is 0 Å². The van der Waals surface area contributed by atoms with Crippen LogP contribution < -0.4 is 14.2 Å². The van der Waals surface area contributed by atoms with Crippen molar-refractivity contribution in [2.45, 2.75) is 13.0 Å². The van der Waals surface area contributed by atoms with Gasteiger partial charge in [-0.2, -0.15) is 0 Å². The minimum atomic E-state index is -0.792. The summed E-state index contributed by atoms with van der Waals surface area (Å²) in [5.74, 6) is 0.921. The van der Waals surface area contributed by atoms with Crippen molar-refractivity contribution in [3.05, 3.63) is 52.5 Å². The molecule has 116 valence electrons. The van der Waals surface area contributed by atoms with Gasteiger partial charge in [-0.3, -0.25) is 0 Å². The number of hydrogen-bond donors (Lipinski definition) is 0. The van der Waals surface area contributed by atoms with Crippen molar-refractivity contribution in [3.63, 3.8) is 0 Å². The Bertz CT molecular complexity index is 656. The van der Waals surface area contributed by atoms with Gasteiger partial charge in [0.25, 0.3) is 0 Å². The summed E-state index contributed by atoms with van der Waals surface area (Å²) in [4.78, 5) is 12.0. The number of carbonyl (C=O) groups is 1. The Labute approximate surface area is 138 Å². The Morgan fingerprint density at radius 1 is 1.05 bits per heavy atom. The van der Waals surface area contributed by atoms with E-state index >= 15 is 0 Å². The van der Waals surface area contributed by atoms with Gasteiger partial charge in [-0.15, -0.1) is 0 Å². The summed E-state index contributed by atoms with van der Waals surface area (Å²) >= 11 is 11.7. The molecule has 0 aliphatic heterocycles. The first-order valence-electron chi connectivity index (χ1n) is 6.47. The second kappa shape index (κ2) is 7.38. The quantitative estimate of drug-likeness (QED) is 0.598. The smallest absolute Gasteiger partial charge is 0.352 e. The van der Waals surface area contributed by atoms with E-state index in [0.717, 1.165) is 0 Å². The summed E-state index contributed by atoms with van der Waals surface area (Å²) in [6.45, 7) is 1.59. The maximum Gasteiger partial charge on any atom is 0.352 e. The zero-order valence-electron chi connectivity index (χ0n) is 12.0. The highest BCUT2D eigenvalue weighted by atomic mass is 35.5. The van der Waals surface area contributed by atoms with E-state index in [-0.39, 0.29) is 10.8 Å². The van der Waals surface area contributed by atoms with E-state index in [0.29, 0.717) is 16.5 Å². The molecule has 0 fully saturated rings. The molecule has 0 bridgehead atoms. The van der Waals surface area contributed by atoms with Crippen molar-refractivity contribution in [3.8, 4) is 17.2 Å². The maximum absolute atomic E-state index is 12.0. The number of rotatable bonds is 5. The summed E-state index contributed by atoms with van der Waals surface area (Å²) in [6.07, 6.45) is -0.792. The molecule has 1 unspecified atom stereocenters. The third-order valence-corrected chi connectivity index (χ3v) is 3.34. The molecule has 0 heterocycles. The van der Waals surface area contributed by atoms with Crippen molar-refractivity contribution >= 4 is 29.2 Å². The monoisotopic (exact) mass is 340 g/mol. The maximum atomic E-state index is 12.0. The van der Waals surface area contributed by atoms with Gasteiger partial charge >= 0.3 is 5.97 Å². The van der Waals surface area contributed by atoms with E-state index in [1.807, 2.05) is 0 Å². The Kier molecular flexibility index (Phi) is 5.52. The number of ether oxygens (including phenoxy) is 3. The molecule has 2 rings (SSSR count). The summed E-state index contributed by atoms with van der Waals surface area (Å²) in [7, 11) is 1.58. The number of benzene rings is 2. The zero-order chi connectivity index (χ0) is 16.1. The molecule has 2 aromatic carbocycles. The van der Waals surface area contributed by atoms with E-state index in [1.54, 1.807) is 44.4 Å². The SMILES string of the molecule is COc1ccc(OC(C)C(=O)Oc2ccc(Cl)cc2Cl)cc1. The normalized spacial score (nSPS) is 11.6. The molecule has 2 aromatic rings. The van der Waals surface area contributed by atoms with Crippen molar-refractivity contribution in [2.24, 2.45) is 0 Å². The minimum absolute atomic E-state index is 0.237. The molecule has 0 saturated heterocycles. The van der Waals surface area contributed by atoms with Gasteiger partial charge < -0.3 is 14.2 Å². The molecule has 0 aliphatic rings. The van der Waals surface area contributed by atoms with Crippen LogP contribution in [0.3, 0.4) is 0 Å². The first-order chi connectivity index (χ1) is 10.5. The molecule has 6 heteroatoms. The van der Waals surface area contributed by atoms with Gasteiger partial charge in [-0.25, -0.2) is 4.79 Å². The Balaban J connectivity index is 1.99. The van der Waals surface area contributed by atoms with Crippen molar-refractivity contribution in [1.29, 1.82) is 0 Å². The largest absolute Gasteiger partial charge is 0.497 e. The van der Waals surface area contributed by atoms with Crippen LogP contribution in [0.5, 0.6) is 17.2 Å². The molecule has 0 aliphatic carbocycles. The highest BCUT2D eigenvalue weighted by molar-refractivity contribution is 6.35. The lowest BCUT2D eigenvalue weighted by Crippen LogP contribution is -2.28. The van der Waals surface area contributed by atoms with E-state index < -0.39 is 12.1 Å². The summed E-state index contributed by atoms with van der Waals surface area (Å²) in [6, 6.07) is 11.5. The van der Waals surface area contributed by atoms with Crippen molar-refractivity contribution in [2.75, 3.05) is 7.11 Å². The molecule has 0 aromatic heterocycles. The predicted molar refractivity (Wildman–Crippen MR) is 85.2 cm³/mol. The van der Waals surface area contributed by atoms with Crippen LogP contribution in [-0.2, 0) is 4.79 Å². The van der Waals surface area contributed by atoms with Gasteiger partial charge in [0.15, 0.2) is 6.10 Å². The third kappa shape index (κ3) is 4.29. The van der Waals surface area contributed by atoms with E-state index in [9.17, 15) is 4.79 Å². The Morgan fingerprint density at radius 2 is 1.68 bits per heavy atom. The molecular formula is C16H14Cl2O4. The summed E-state index contributed by atoms with van der Waals surface area (Å²) in [5, 5.41) is 0.727. The molecule has 0 saturated carbocycles. The van der Waals surface area contributed by atoms with Crippen molar-refractivity contribution in [1.82, 2.24) is 0 Å². The molecule has 22 heavy (non-hydrogen) atoms. The first-order valence-corrected chi connectivity index (χ1v) is 7.22. The predicted octanol–water partition coefficient (Wildman–Crippen LogP) is 4.37. The van der Waals surface area contributed by atoms with Gasteiger partial charge in [0.1, 0.15) is 17.2 Å². The van der Waals surface area contributed by atoms with E-state index in [1.165, 1.54) is 12.1 Å². The van der Waals surface area contributed by atoms with Crippen LogP contribution in [0.25, 0.3) is 0 Å². The molecular weight excluding hydrogens is 327 g/mol. The number of methoxy groups -OCH3 is 1. The second-order valence-corrected chi connectivity index (χ2v) is 5.28. The van der Waals surface area contributed by atoms with E-state index in [4.69, 9.17) is 37.4 Å². The van der Waals surface area contributed by atoms with Gasteiger partial charge in [-0.05, 0) is 49.4 Å². The lowest BCUT2D eigenvalue weighted by molar-refractivity contribution is -0.141. The van der Waals surface area contributed by atoms with Crippen LogP contribution in [0.2, 0.25) is 10.0 Å². The minimum Gasteiger partial charge on any atom is -0.497 e. The van der Waals surface area contributed by atoms with Crippen LogP contribution in [-0.4, -0.2) is 19.2 Å². The summed E-state index contributed by atoms with van der Waals surface area (Å²) in [5.41, 5.74) is 0. The van der Waals surface area contributed by atoms with Crippen LogP contribution >= 0.6 is 23.2 Å². The van der Waals surface area contributed by atoms with Gasteiger partial charge in [0, 0.05) is 5.02 Å². The average Bonchev–Trinajstić information content (AvgIpc) is 2.50. The molecule has 0 amide bonds. The number of carbonyl (C=O) groups excluding carboxylic acids is 1. The fourth-order valence-electron chi connectivity index (χ4n) is 1.66. The van der Waals surface area contributed by atoms with Crippen LogP contribution in [0.1, 0.15) is 6.92 Å². The van der Waals surface area contributed by atoms with Crippen LogP contribution in [0.4, 0.5) is 0 Å². The fraction of sp³-hybridized carbons (Fsp3) is 0.188. The Morgan fingerprint density at radius 3 is 2.27 bits per heavy atom. The topological polar surface area (TPSA) is 44.8 Å². The number of esters is 1. The van der Waals surface area contributed by atoms with E-state index in [2.05, 4.69) is 0 Å². The number of halogens is 2. The fourth-order valence-corrected chi connectivity index (χ4v) is 2.10. The van der Waals surface area contributed by atoms with Gasteiger partial charge in [0.2, 0.25) is 0 Å². The standard InChI is InChI=1S/C16H14Cl2O4/c1-10(21-13-6-4-12(20-2)5-7-13)16(19)22-15-8-3-11(17)9-14(15)18/h3-10H,1-2H3. The number of hydrogen-bond acceptors (Lipinski definition) is 4. The molecule has 1 atom stereocenters.